The number of thioether (sulfide) groups is 1. The first-order chi connectivity index (χ1) is 9.20. The van der Waals surface area contributed by atoms with Crippen LogP contribution in [0.3, 0.4) is 0 Å². The molecule has 0 aliphatic rings. The van der Waals surface area contributed by atoms with Gasteiger partial charge in [-0.3, -0.25) is 10.1 Å². The fourth-order valence-corrected chi connectivity index (χ4v) is 2.43. The zero-order valence-electron chi connectivity index (χ0n) is 9.95. The number of aromatic nitrogens is 1. The highest BCUT2D eigenvalue weighted by molar-refractivity contribution is 7.98. The molecule has 6 nitrogen and oxygen atoms in total. The van der Waals surface area contributed by atoms with Crippen molar-refractivity contribution in [1.82, 2.24) is 4.98 Å². The molecule has 2 rings (SSSR count). The summed E-state index contributed by atoms with van der Waals surface area (Å²) in [5, 5.41) is 11.3. The second-order valence-corrected chi connectivity index (χ2v) is 4.66. The molecule has 1 aromatic carbocycles. The molecule has 0 unspecified atom stereocenters. The van der Waals surface area contributed by atoms with E-state index >= 15 is 0 Å². The van der Waals surface area contributed by atoms with Crippen LogP contribution in [0.5, 0.6) is 0 Å². The van der Waals surface area contributed by atoms with E-state index in [4.69, 9.17) is 5.84 Å². The van der Waals surface area contributed by atoms with Crippen molar-refractivity contribution in [2.24, 2.45) is 5.84 Å². The average molecular weight is 276 g/mol. The fourth-order valence-electron chi connectivity index (χ4n) is 1.48. The van der Waals surface area contributed by atoms with Gasteiger partial charge < -0.3 is 5.43 Å². The van der Waals surface area contributed by atoms with Crippen LogP contribution in [-0.2, 0) is 5.75 Å². The van der Waals surface area contributed by atoms with Crippen molar-refractivity contribution in [3.8, 4) is 0 Å². The lowest BCUT2D eigenvalue weighted by molar-refractivity contribution is -0.388. The predicted molar refractivity (Wildman–Crippen MR) is 74.7 cm³/mol. The Bertz CT molecular complexity index is 577. The summed E-state index contributed by atoms with van der Waals surface area (Å²) in [4.78, 5) is 14.6. The van der Waals surface area contributed by atoms with Crippen molar-refractivity contribution in [2.45, 2.75) is 10.8 Å². The van der Waals surface area contributed by atoms with Gasteiger partial charge in [-0.2, -0.15) is 0 Å². The maximum Gasteiger partial charge on any atom is 0.301 e. The van der Waals surface area contributed by atoms with Crippen LogP contribution in [0, 0.1) is 10.1 Å². The predicted octanol–water partition coefficient (Wildman–Crippen LogP) is 2.57. The van der Waals surface area contributed by atoms with Crippen LogP contribution in [0.1, 0.15) is 5.56 Å². The largest absolute Gasteiger partial charge is 0.308 e. The van der Waals surface area contributed by atoms with Gasteiger partial charge in [0, 0.05) is 11.8 Å². The molecule has 3 N–H and O–H groups in total. The Balaban J connectivity index is 2.20. The first-order valence-corrected chi connectivity index (χ1v) is 6.48. The first kappa shape index (κ1) is 13.3. The minimum Gasteiger partial charge on any atom is -0.308 e. The lowest BCUT2D eigenvalue weighted by atomic mass is 10.2. The van der Waals surface area contributed by atoms with E-state index in [-0.39, 0.29) is 5.69 Å². The molecule has 0 fully saturated rings. The number of nitro groups is 1. The SMILES string of the molecule is NNc1ccc([N+](=O)[O-])c(SCc2ccccc2)n1. The lowest BCUT2D eigenvalue weighted by Gasteiger charge is -2.05. The quantitative estimate of drug-likeness (QED) is 0.377. The smallest absolute Gasteiger partial charge is 0.301 e. The molecule has 0 saturated heterocycles. The molecule has 19 heavy (non-hydrogen) atoms. The second-order valence-electron chi connectivity index (χ2n) is 3.70. The van der Waals surface area contributed by atoms with Crippen LogP contribution in [0.4, 0.5) is 11.5 Å². The highest BCUT2D eigenvalue weighted by Gasteiger charge is 2.16. The third-order valence-corrected chi connectivity index (χ3v) is 3.45. The Morgan fingerprint density at radius 3 is 2.63 bits per heavy atom. The summed E-state index contributed by atoms with van der Waals surface area (Å²) in [5.74, 6) is 6.28. The second kappa shape index (κ2) is 6.17. The summed E-state index contributed by atoms with van der Waals surface area (Å²) in [7, 11) is 0. The van der Waals surface area contributed by atoms with Crippen molar-refractivity contribution in [3.63, 3.8) is 0 Å². The third-order valence-electron chi connectivity index (χ3n) is 2.40. The van der Waals surface area contributed by atoms with Gasteiger partial charge in [0.2, 0.25) is 0 Å². The zero-order valence-corrected chi connectivity index (χ0v) is 10.8. The molecule has 0 aliphatic carbocycles. The number of anilines is 1. The molecule has 0 aliphatic heterocycles. The van der Waals surface area contributed by atoms with E-state index < -0.39 is 4.92 Å². The van der Waals surface area contributed by atoms with Gasteiger partial charge in [-0.1, -0.05) is 42.1 Å². The lowest BCUT2D eigenvalue weighted by Crippen LogP contribution is -2.09. The summed E-state index contributed by atoms with van der Waals surface area (Å²) >= 11 is 1.31. The molecule has 0 bridgehead atoms. The molecule has 1 heterocycles. The number of rotatable bonds is 5. The Morgan fingerprint density at radius 2 is 2.00 bits per heavy atom. The number of nitrogens with zero attached hydrogens (tertiary/aromatic N) is 2. The fraction of sp³-hybridized carbons (Fsp3) is 0.0833. The van der Waals surface area contributed by atoms with Gasteiger partial charge in [0.25, 0.3) is 0 Å². The van der Waals surface area contributed by atoms with Gasteiger partial charge in [-0.05, 0) is 11.6 Å². The van der Waals surface area contributed by atoms with Crippen LogP contribution < -0.4 is 11.3 Å². The first-order valence-electron chi connectivity index (χ1n) is 5.49. The van der Waals surface area contributed by atoms with Crippen LogP contribution in [0.2, 0.25) is 0 Å². The molecule has 0 amide bonds. The number of hydrazine groups is 1. The monoisotopic (exact) mass is 276 g/mol. The number of nitrogen functional groups attached to an aromatic ring is 1. The van der Waals surface area contributed by atoms with Gasteiger partial charge in [0.1, 0.15) is 5.82 Å². The van der Waals surface area contributed by atoms with Crippen molar-refractivity contribution in [2.75, 3.05) is 5.43 Å². The maximum absolute atomic E-state index is 10.9. The number of nitrogens with one attached hydrogen (secondary N) is 1. The summed E-state index contributed by atoms with van der Waals surface area (Å²) in [6.45, 7) is 0. The summed E-state index contributed by atoms with van der Waals surface area (Å²) in [5.41, 5.74) is 3.45. The zero-order chi connectivity index (χ0) is 13.7. The highest BCUT2D eigenvalue weighted by Crippen LogP contribution is 2.30. The Hall–Kier alpha value is -2.12. The molecular formula is C12H12N4O2S. The third kappa shape index (κ3) is 3.43. The number of hydrogen-bond acceptors (Lipinski definition) is 6. The van der Waals surface area contributed by atoms with Gasteiger partial charge in [0.15, 0.2) is 5.03 Å². The standard InChI is InChI=1S/C12H12N4O2S/c13-15-11-7-6-10(16(17)18)12(14-11)19-8-9-4-2-1-3-5-9/h1-7H,8,13H2,(H,14,15). The number of benzene rings is 1. The number of hydrogen-bond donors (Lipinski definition) is 2. The number of nitrogens with two attached hydrogens (primary N) is 1. The van der Waals surface area contributed by atoms with Gasteiger partial charge in [-0.15, -0.1) is 0 Å². The topological polar surface area (TPSA) is 94.1 Å². The van der Waals surface area contributed by atoms with Crippen LogP contribution >= 0.6 is 11.8 Å². The van der Waals surface area contributed by atoms with E-state index in [1.807, 2.05) is 30.3 Å². The Labute approximate surface area is 114 Å². The number of pyridine rings is 1. The minimum absolute atomic E-state index is 0.0140. The highest BCUT2D eigenvalue weighted by atomic mass is 32.2. The van der Waals surface area contributed by atoms with Crippen LogP contribution in [-0.4, -0.2) is 9.91 Å². The van der Waals surface area contributed by atoms with E-state index in [1.54, 1.807) is 0 Å². The van der Waals surface area contributed by atoms with Crippen LogP contribution in [0.15, 0.2) is 47.5 Å². The molecule has 0 atom stereocenters. The minimum atomic E-state index is -0.444. The van der Waals surface area contributed by atoms with E-state index in [1.165, 1.54) is 23.9 Å². The molecule has 2 aromatic rings. The van der Waals surface area contributed by atoms with Crippen molar-refractivity contribution < 1.29 is 4.92 Å². The van der Waals surface area contributed by atoms with Crippen LogP contribution in [0.25, 0.3) is 0 Å². The van der Waals surface area contributed by atoms with Crippen molar-refractivity contribution >= 4 is 23.3 Å². The molecular weight excluding hydrogens is 264 g/mol. The normalized spacial score (nSPS) is 10.2. The Kier molecular flexibility index (Phi) is 4.32. The molecule has 0 saturated carbocycles. The molecule has 98 valence electrons. The Morgan fingerprint density at radius 1 is 1.26 bits per heavy atom. The van der Waals surface area contributed by atoms with E-state index in [2.05, 4.69) is 10.4 Å². The average Bonchev–Trinajstić information content (AvgIpc) is 2.45. The maximum atomic E-state index is 10.9. The van der Waals surface area contributed by atoms with Gasteiger partial charge in [-0.25, -0.2) is 10.8 Å². The summed E-state index contributed by atoms with van der Waals surface area (Å²) < 4.78 is 0. The van der Waals surface area contributed by atoms with Gasteiger partial charge >= 0.3 is 5.69 Å². The summed E-state index contributed by atoms with van der Waals surface area (Å²) in [6.07, 6.45) is 0. The van der Waals surface area contributed by atoms with Gasteiger partial charge in [0.05, 0.1) is 4.92 Å². The molecule has 0 radical (unpaired) electrons. The molecule has 0 spiro atoms. The molecule has 1 aromatic heterocycles. The summed E-state index contributed by atoms with van der Waals surface area (Å²) in [6, 6.07) is 12.6. The van der Waals surface area contributed by atoms with E-state index in [0.717, 1.165) is 5.56 Å². The van der Waals surface area contributed by atoms with E-state index in [0.29, 0.717) is 16.6 Å². The van der Waals surface area contributed by atoms with Crippen molar-refractivity contribution in [3.05, 3.63) is 58.1 Å². The molecule has 7 heteroatoms. The van der Waals surface area contributed by atoms with E-state index in [9.17, 15) is 10.1 Å². The van der Waals surface area contributed by atoms with Crippen molar-refractivity contribution in [1.29, 1.82) is 0 Å².